The highest BCUT2D eigenvalue weighted by molar-refractivity contribution is 14.0. The lowest BCUT2D eigenvalue weighted by atomic mass is 10.0. The maximum atomic E-state index is 4.78. The molecular formula is C18H38IN5. The van der Waals surface area contributed by atoms with E-state index in [1.54, 1.807) is 0 Å². The number of aliphatic imine (C=N–C) groups is 1. The SMILES string of the molecule is CCNC(=NCC1CCCN1C)NCCCN1CCCCC1C.I. The molecule has 0 amide bonds. The first kappa shape index (κ1) is 22.0. The number of halogens is 1. The van der Waals surface area contributed by atoms with Gasteiger partial charge in [0.1, 0.15) is 0 Å². The monoisotopic (exact) mass is 451 g/mol. The predicted octanol–water partition coefficient (Wildman–Crippen LogP) is 2.52. The largest absolute Gasteiger partial charge is 0.357 e. The van der Waals surface area contributed by atoms with Crippen LogP contribution in [0.3, 0.4) is 0 Å². The van der Waals surface area contributed by atoms with Gasteiger partial charge in [-0.05, 0) is 66.1 Å². The quantitative estimate of drug-likeness (QED) is 0.270. The molecular weight excluding hydrogens is 413 g/mol. The second-order valence-corrected chi connectivity index (χ2v) is 7.16. The molecule has 142 valence electrons. The number of hydrogen-bond acceptors (Lipinski definition) is 3. The zero-order chi connectivity index (χ0) is 16.5. The molecule has 0 radical (unpaired) electrons. The maximum Gasteiger partial charge on any atom is 0.191 e. The van der Waals surface area contributed by atoms with Gasteiger partial charge < -0.3 is 20.4 Å². The number of piperidine rings is 1. The highest BCUT2D eigenvalue weighted by Gasteiger charge is 2.20. The van der Waals surface area contributed by atoms with Crippen molar-refractivity contribution in [1.82, 2.24) is 20.4 Å². The Morgan fingerprint density at radius 2 is 1.96 bits per heavy atom. The van der Waals surface area contributed by atoms with E-state index < -0.39 is 0 Å². The van der Waals surface area contributed by atoms with Crippen molar-refractivity contribution in [3.8, 4) is 0 Å². The van der Waals surface area contributed by atoms with Crippen LogP contribution < -0.4 is 10.6 Å². The molecule has 0 aromatic heterocycles. The fourth-order valence-corrected chi connectivity index (χ4v) is 3.73. The average Bonchev–Trinajstić information content (AvgIpc) is 2.96. The topological polar surface area (TPSA) is 42.9 Å². The standard InChI is InChI=1S/C18H37N5.HI/c1-4-19-18(21-15-17-10-7-12-22(17)3)20-11-8-14-23-13-6-5-9-16(23)2;/h16-17H,4-15H2,1-3H3,(H2,19,20,21);1H. The molecule has 24 heavy (non-hydrogen) atoms. The molecule has 6 heteroatoms. The second-order valence-electron chi connectivity index (χ2n) is 7.16. The fourth-order valence-electron chi connectivity index (χ4n) is 3.73. The molecule has 0 spiro atoms. The van der Waals surface area contributed by atoms with Crippen LogP contribution in [0.1, 0.15) is 52.4 Å². The maximum absolute atomic E-state index is 4.78. The first-order chi connectivity index (χ1) is 11.2. The van der Waals surface area contributed by atoms with Crippen molar-refractivity contribution in [3.63, 3.8) is 0 Å². The minimum absolute atomic E-state index is 0. The van der Waals surface area contributed by atoms with E-state index in [4.69, 9.17) is 4.99 Å². The fraction of sp³-hybridized carbons (Fsp3) is 0.944. The van der Waals surface area contributed by atoms with Gasteiger partial charge in [0, 0.05) is 31.7 Å². The first-order valence-corrected chi connectivity index (χ1v) is 9.67. The summed E-state index contributed by atoms with van der Waals surface area (Å²) in [5, 5.41) is 6.88. The van der Waals surface area contributed by atoms with Crippen LogP contribution in [0, 0.1) is 0 Å². The minimum atomic E-state index is 0. The highest BCUT2D eigenvalue weighted by Crippen LogP contribution is 2.16. The summed E-state index contributed by atoms with van der Waals surface area (Å²) in [4.78, 5) is 9.86. The minimum Gasteiger partial charge on any atom is -0.357 e. The van der Waals surface area contributed by atoms with Gasteiger partial charge in [-0.2, -0.15) is 0 Å². The summed E-state index contributed by atoms with van der Waals surface area (Å²) in [5.41, 5.74) is 0. The van der Waals surface area contributed by atoms with Gasteiger partial charge >= 0.3 is 0 Å². The Labute approximate surface area is 166 Å². The van der Waals surface area contributed by atoms with E-state index >= 15 is 0 Å². The molecule has 5 nitrogen and oxygen atoms in total. The number of likely N-dealkylation sites (tertiary alicyclic amines) is 2. The molecule has 2 saturated heterocycles. The Hall–Kier alpha value is -0.0800. The van der Waals surface area contributed by atoms with Gasteiger partial charge in [-0.1, -0.05) is 6.42 Å². The summed E-state index contributed by atoms with van der Waals surface area (Å²) in [6, 6.07) is 1.39. The van der Waals surface area contributed by atoms with Gasteiger partial charge in [-0.3, -0.25) is 4.99 Å². The summed E-state index contributed by atoms with van der Waals surface area (Å²) in [7, 11) is 2.22. The van der Waals surface area contributed by atoms with Crippen molar-refractivity contribution in [3.05, 3.63) is 0 Å². The molecule has 2 atom stereocenters. The van der Waals surface area contributed by atoms with E-state index in [-0.39, 0.29) is 24.0 Å². The number of rotatable bonds is 7. The molecule has 2 aliphatic heterocycles. The Morgan fingerprint density at radius 3 is 2.62 bits per heavy atom. The lowest BCUT2D eigenvalue weighted by Crippen LogP contribution is -2.42. The van der Waals surface area contributed by atoms with Crippen LogP contribution in [0.5, 0.6) is 0 Å². The van der Waals surface area contributed by atoms with E-state index in [0.29, 0.717) is 6.04 Å². The second kappa shape index (κ2) is 12.3. The lowest BCUT2D eigenvalue weighted by molar-refractivity contribution is 0.159. The van der Waals surface area contributed by atoms with Crippen LogP contribution >= 0.6 is 24.0 Å². The molecule has 0 aromatic carbocycles. The molecule has 0 saturated carbocycles. The van der Waals surface area contributed by atoms with E-state index in [1.807, 2.05) is 0 Å². The number of nitrogens with one attached hydrogen (secondary N) is 2. The third-order valence-corrected chi connectivity index (χ3v) is 5.33. The van der Waals surface area contributed by atoms with Crippen LogP contribution in [0.25, 0.3) is 0 Å². The molecule has 0 aliphatic carbocycles. The number of nitrogens with zero attached hydrogens (tertiary/aromatic N) is 3. The molecule has 2 heterocycles. The van der Waals surface area contributed by atoms with Crippen molar-refractivity contribution in [2.45, 2.75) is 64.5 Å². The summed E-state index contributed by atoms with van der Waals surface area (Å²) < 4.78 is 0. The Morgan fingerprint density at radius 1 is 1.12 bits per heavy atom. The summed E-state index contributed by atoms with van der Waals surface area (Å²) in [6.07, 6.45) is 7.94. The summed E-state index contributed by atoms with van der Waals surface area (Å²) in [6.45, 7) is 11.1. The van der Waals surface area contributed by atoms with Crippen molar-refractivity contribution < 1.29 is 0 Å². The number of guanidine groups is 1. The molecule has 2 N–H and O–H groups in total. The Kier molecular flexibility index (Phi) is 11.3. The first-order valence-electron chi connectivity index (χ1n) is 9.67. The highest BCUT2D eigenvalue weighted by atomic mass is 127. The lowest BCUT2D eigenvalue weighted by Gasteiger charge is -2.33. The number of likely N-dealkylation sites (N-methyl/N-ethyl adjacent to an activating group) is 1. The van der Waals surface area contributed by atoms with E-state index in [0.717, 1.165) is 31.6 Å². The van der Waals surface area contributed by atoms with Gasteiger partial charge in [0.15, 0.2) is 5.96 Å². The zero-order valence-corrected chi connectivity index (χ0v) is 18.2. The summed E-state index contributed by atoms with van der Waals surface area (Å²) in [5.74, 6) is 0.986. The van der Waals surface area contributed by atoms with Gasteiger partial charge in [-0.15, -0.1) is 24.0 Å². The zero-order valence-electron chi connectivity index (χ0n) is 15.9. The normalized spacial score (nSPS) is 26.2. The predicted molar refractivity (Wildman–Crippen MR) is 115 cm³/mol. The third-order valence-electron chi connectivity index (χ3n) is 5.33. The van der Waals surface area contributed by atoms with E-state index in [1.165, 1.54) is 58.2 Å². The summed E-state index contributed by atoms with van der Waals surface area (Å²) >= 11 is 0. The molecule has 0 bridgehead atoms. The molecule has 2 aliphatic rings. The molecule has 2 rings (SSSR count). The van der Waals surface area contributed by atoms with Crippen molar-refractivity contribution in [1.29, 1.82) is 0 Å². The average molecular weight is 451 g/mol. The van der Waals surface area contributed by atoms with Gasteiger partial charge in [0.2, 0.25) is 0 Å². The van der Waals surface area contributed by atoms with Crippen molar-refractivity contribution in [2.75, 3.05) is 46.3 Å². The van der Waals surface area contributed by atoms with Crippen LogP contribution in [0.15, 0.2) is 4.99 Å². The molecule has 0 aromatic rings. The van der Waals surface area contributed by atoms with Crippen LogP contribution in [0.4, 0.5) is 0 Å². The third kappa shape index (κ3) is 7.44. The van der Waals surface area contributed by atoms with Gasteiger partial charge in [-0.25, -0.2) is 0 Å². The molecule has 2 unspecified atom stereocenters. The smallest absolute Gasteiger partial charge is 0.191 e. The number of hydrogen-bond donors (Lipinski definition) is 2. The van der Waals surface area contributed by atoms with Crippen molar-refractivity contribution in [2.24, 2.45) is 4.99 Å². The van der Waals surface area contributed by atoms with E-state index in [2.05, 4.69) is 41.3 Å². The van der Waals surface area contributed by atoms with E-state index in [9.17, 15) is 0 Å². The van der Waals surface area contributed by atoms with Crippen LogP contribution in [0.2, 0.25) is 0 Å². The Bertz CT molecular complexity index is 363. The Balaban J connectivity index is 0.00000288. The molecule has 2 fully saturated rings. The van der Waals surface area contributed by atoms with Crippen LogP contribution in [-0.4, -0.2) is 74.2 Å². The van der Waals surface area contributed by atoms with Crippen LogP contribution in [-0.2, 0) is 0 Å². The van der Waals surface area contributed by atoms with Gasteiger partial charge in [0.25, 0.3) is 0 Å². The van der Waals surface area contributed by atoms with Crippen molar-refractivity contribution >= 4 is 29.9 Å². The van der Waals surface area contributed by atoms with Gasteiger partial charge in [0.05, 0.1) is 6.54 Å².